The molecule has 1 aliphatic rings. The number of nitrogens with zero attached hydrogens (tertiary/aromatic N) is 1. The Morgan fingerprint density at radius 3 is 2.44 bits per heavy atom. The molecule has 6 heteroatoms. The van der Waals surface area contributed by atoms with E-state index in [-0.39, 0.29) is 24.7 Å². The van der Waals surface area contributed by atoms with Gasteiger partial charge in [0.05, 0.1) is 25.9 Å². The first-order valence-electron chi connectivity index (χ1n) is 5.27. The van der Waals surface area contributed by atoms with E-state index in [2.05, 4.69) is 10.1 Å². The maximum atomic E-state index is 11.4. The molecule has 2 amide bonds. The van der Waals surface area contributed by atoms with Crippen LogP contribution in [0.4, 0.5) is 4.79 Å². The number of amides is 2. The Labute approximate surface area is 94.9 Å². The van der Waals surface area contributed by atoms with Crippen molar-refractivity contribution in [1.29, 1.82) is 0 Å². The van der Waals surface area contributed by atoms with Crippen molar-refractivity contribution in [3.8, 4) is 0 Å². The number of carbonyl (C=O) groups excluding carboxylic acids is 2. The van der Waals surface area contributed by atoms with Gasteiger partial charge >= 0.3 is 6.09 Å². The van der Waals surface area contributed by atoms with Crippen molar-refractivity contribution < 1.29 is 19.1 Å². The lowest BCUT2D eigenvalue weighted by Gasteiger charge is -2.34. The van der Waals surface area contributed by atoms with Crippen LogP contribution in [-0.4, -0.2) is 55.9 Å². The summed E-state index contributed by atoms with van der Waals surface area (Å²) in [6, 6.07) is 0. The number of alkyl carbamates (subject to hydrolysis) is 1. The third kappa shape index (κ3) is 4.16. The molecule has 0 radical (unpaired) electrons. The second-order valence-electron chi connectivity index (χ2n) is 3.99. The molecule has 16 heavy (non-hydrogen) atoms. The molecule has 0 aromatic carbocycles. The van der Waals surface area contributed by atoms with Crippen LogP contribution in [0.1, 0.15) is 13.8 Å². The van der Waals surface area contributed by atoms with Crippen molar-refractivity contribution in [2.75, 3.05) is 26.7 Å². The molecular formula is C10H18N2O4. The average molecular weight is 230 g/mol. The predicted octanol–water partition coefficient (Wildman–Crippen LogP) is -0.0218. The summed E-state index contributed by atoms with van der Waals surface area (Å²) in [5.74, 6) is -0.354. The molecule has 1 rings (SSSR count). The Morgan fingerprint density at radius 1 is 1.38 bits per heavy atom. The maximum absolute atomic E-state index is 11.4. The largest absolute Gasteiger partial charge is 0.453 e. The van der Waals surface area contributed by atoms with Gasteiger partial charge in [-0.05, 0) is 13.8 Å². The van der Waals surface area contributed by atoms with Gasteiger partial charge in [0.2, 0.25) is 5.91 Å². The number of hydrogen-bond acceptors (Lipinski definition) is 5. The van der Waals surface area contributed by atoms with Crippen LogP contribution in [0.5, 0.6) is 0 Å². The van der Waals surface area contributed by atoms with Gasteiger partial charge in [0.15, 0.2) is 0 Å². The standard InChI is InChI=1S/C10H18N2O4/c1-7-4-12(5-8(2)16-7)6-9(13)11-10(14)15-3/h7-8H,4-6H2,1-3H3,(H,11,13,14)/t7-,8+. The Hall–Kier alpha value is -1.14. The minimum atomic E-state index is -0.723. The van der Waals surface area contributed by atoms with Gasteiger partial charge in [-0.3, -0.25) is 15.0 Å². The molecule has 1 N–H and O–H groups in total. The Bertz CT molecular complexity index is 260. The number of morpholine rings is 1. The second-order valence-corrected chi connectivity index (χ2v) is 3.99. The van der Waals surface area contributed by atoms with E-state index in [1.807, 2.05) is 18.7 Å². The molecule has 1 aliphatic heterocycles. The van der Waals surface area contributed by atoms with E-state index in [4.69, 9.17) is 4.74 Å². The van der Waals surface area contributed by atoms with Crippen LogP contribution in [0.25, 0.3) is 0 Å². The van der Waals surface area contributed by atoms with Crippen molar-refractivity contribution in [2.45, 2.75) is 26.1 Å². The van der Waals surface area contributed by atoms with Crippen LogP contribution in [0.3, 0.4) is 0 Å². The minimum Gasteiger partial charge on any atom is -0.453 e. The van der Waals surface area contributed by atoms with E-state index in [1.165, 1.54) is 7.11 Å². The Morgan fingerprint density at radius 2 is 1.94 bits per heavy atom. The summed E-state index contributed by atoms with van der Waals surface area (Å²) in [4.78, 5) is 24.2. The van der Waals surface area contributed by atoms with E-state index in [0.717, 1.165) is 0 Å². The highest BCUT2D eigenvalue weighted by Crippen LogP contribution is 2.09. The Balaban J connectivity index is 2.35. The summed E-state index contributed by atoms with van der Waals surface area (Å²) in [6.07, 6.45) is -0.510. The number of hydrogen-bond donors (Lipinski definition) is 1. The number of nitrogens with one attached hydrogen (secondary N) is 1. The molecule has 1 heterocycles. The molecule has 0 bridgehead atoms. The van der Waals surface area contributed by atoms with E-state index in [1.54, 1.807) is 0 Å². The third-order valence-electron chi connectivity index (χ3n) is 2.29. The fourth-order valence-electron chi connectivity index (χ4n) is 1.82. The molecular weight excluding hydrogens is 212 g/mol. The number of ether oxygens (including phenoxy) is 2. The number of rotatable bonds is 2. The normalized spacial score (nSPS) is 26.2. The maximum Gasteiger partial charge on any atom is 0.413 e. The van der Waals surface area contributed by atoms with E-state index < -0.39 is 6.09 Å². The fourth-order valence-corrected chi connectivity index (χ4v) is 1.82. The van der Waals surface area contributed by atoms with Crippen molar-refractivity contribution in [1.82, 2.24) is 10.2 Å². The molecule has 2 atom stereocenters. The SMILES string of the molecule is COC(=O)NC(=O)CN1C[C@@H](C)O[C@@H](C)C1. The summed E-state index contributed by atoms with van der Waals surface area (Å²) >= 11 is 0. The van der Waals surface area contributed by atoms with Gasteiger partial charge in [-0.15, -0.1) is 0 Å². The number of carbonyl (C=O) groups is 2. The monoisotopic (exact) mass is 230 g/mol. The van der Waals surface area contributed by atoms with Crippen molar-refractivity contribution in [2.24, 2.45) is 0 Å². The third-order valence-corrected chi connectivity index (χ3v) is 2.29. The molecule has 0 aromatic heterocycles. The van der Waals surface area contributed by atoms with Crippen LogP contribution < -0.4 is 5.32 Å². The molecule has 0 aliphatic carbocycles. The topological polar surface area (TPSA) is 67.9 Å². The van der Waals surface area contributed by atoms with Crippen molar-refractivity contribution in [3.05, 3.63) is 0 Å². The summed E-state index contributed by atoms with van der Waals surface area (Å²) < 4.78 is 9.87. The van der Waals surface area contributed by atoms with Crippen LogP contribution >= 0.6 is 0 Å². The van der Waals surface area contributed by atoms with Crippen LogP contribution in [0.15, 0.2) is 0 Å². The van der Waals surface area contributed by atoms with Crippen LogP contribution in [0.2, 0.25) is 0 Å². The first kappa shape index (κ1) is 12.9. The smallest absolute Gasteiger partial charge is 0.413 e. The lowest BCUT2D eigenvalue weighted by atomic mass is 10.2. The second kappa shape index (κ2) is 5.81. The summed E-state index contributed by atoms with van der Waals surface area (Å²) in [5, 5.41) is 2.12. The van der Waals surface area contributed by atoms with Gasteiger partial charge in [-0.1, -0.05) is 0 Å². The van der Waals surface area contributed by atoms with E-state index >= 15 is 0 Å². The van der Waals surface area contributed by atoms with Gasteiger partial charge in [0, 0.05) is 13.1 Å². The van der Waals surface area contributed by atoms with Crippen molar-refractivity contribution >= 4 is 12.0 Å². The minimum absolute atomic E-state index is 0.106. The van der Waals surface area contributed by atoms with Gasteiger partial charge in [0.25, 0.3) is 0 Å². The van der Waals surface area contributed by atoms with E-state index in [9.17, 15) is 9.59 Å². The molecule has 0 unspecified atom stereocenters. The van der Waals surface area contributed by atoms with E-state index in [0.29, 0.717) is 13.1 Å². The molecule has 0 saturated carbocycles. The zero-order chi connectivity index (χ0) is 12.1. The number of imide groups is 1. The zero-order valence-electron chi connectivity index (χ0n) is 9.86. The Kier molecular flexibility index (Phi) is 4.70. The highest BCUT2D eigenvalue weighted by molar-refractivity contribution is 5.92. The zero-order valence-corrected chi connectivity index (χ0v) is 9.86. The highest BCUT2D eigenvalue weighted by atomic mass is 16.5. The van der Waals surface area contributed by atoms with Gasteiger partial charge < -0.3 is 9.47 Å². The highest BCUT2D eigenvalue weighted by Gasteiger charge is 2.24. The first-order valence-corrected chi connectivity index (χ1v) is 5.27. The summed E-state index contributed by atoms with van der Waals surface area (Å²) in [7, 11) is 1.22. The fraction of sp³-hybridized carbons (Fsp3) is 0.800. The summed E-state index contributed by atoms with van der Waals surface area (Å²) in [5.41, 5.74) is 0. The van der Waals surface area contributed by atoms with Gasteiger partial charge in [-0.2, -0.15) is 0 Å². The molecule has 6 nitrogen and oxygen atoms in total. The lowest BCUT2D eigenvalue weighted by molar-refractivity contribution is -0.125. The molecule has 0 spiro atoms. The average Bonchev–Trinajstić information content (AvgIpc) is 2.15. The molecule has 1 fully saturated rings. The summed E-state index contributed by atoms with van der Waals surface area (Å²) in [6.45, 7) is 5.49. The van der Waals surface area contributed by atoms with Gasteiger partial charge in [-0.25, -0.2) is 4.79 Å². The molecule has 92 valence electrons. The van der Waals surface area contributed by atoms with Crippen LogP contribution in [0, 0.1) is 0 Å². The van der Waals surface area contributed by atoms with Crippen molar-refractivity contribution in [3.63, 3.8) is 0 Å². The van der Waals surface area contributed by atoms with Gasteiger partial charge in [0.1, 0.15) is 0 Å². The van der Waals surface area contributed by atoms with Crippen LogP contribution in [-0.2, 0) is 14.3 Å². The lowest BCUT2D eigenvalue weighted by Crippen LogP contribution is -2.49. The quantitative estimate of drug-likeness (QED) is 0.722. The first-order chi connectivity index (χ1) is 7.51. The predicted molar refractivity (Wildman–Crippen MR) is 57.0 cm³/mol. The molecule has 1 saturated heterocycles. The molecule has 0 aromatic rings. The number of methoxy groups -OCH3 is 1.